The second kappa shape index (κ2) is 14.7. The van der Waals surface area contributed by atoms with E-state index >= 15 is 0 Å². The Balaban J connectivity index is 1.91. The second-order valence-electron chi connectivity index (χ2n) is 8.81. The molecule has 2 aromatic rings. The predicted molar refractivity (Wildman–Crippen MR) is 136 cm³/mol. The molecule has 2 rings (SSSR count). The van der Waals surface area contributed by atoms with E-state index in [-0.39, 0.29) is 6.04 Å². The number of halogens is 1. The monoisotopic (exact) mass is 552 g/mol. The Kier molecular flexibility index (Phi) is 12.8. The number of aromatic nitrogens is 1. The minimum atomic E-state index is -0.611. The summed E-state index contributed by atoms with van der Waals surface area (Å²) in [6, 6.07) is 5.86. The van der Waals surface area contributed by atoms with Gasteiger partial charge in [-0.25, -0.2) is 0 Å². The summed E-state index contributed by atoms with van der Waals surface area (Å²) in [7, 11) is 0. The van der Waals surface area contributed by atoms with Crippen LogP contribution in [0.2, 0.25) is 8.45 Å². The molecule has 0 saturated carbocycles. The van der Waals surface area contributed by atoms with Crippen LogP contribution in [-0.2, 0) is 4.74 Å². The Labute approximate surface area is 205 Å². The molecular formula is C26H41ClN2OSn. The maximum atomic E-state index is 6.54. The molecule has 0 fully saturated rings. The van der Waals surface area contributed by atoms with E-state index in [9.17, 15) is 0 Å². The molecule has 1 heterocycles. The Morgan fingerprint density at radius 1 is 1.06 bits per heavy atom. The Bertz CT molecular complexity index is 748. The first-order valence-corrected chi connectivity index (χ1v) is 16.0. The molecule has 1 unspecified atom stereocenters. The summed E-state index contributed by atoms with van der Waals surface area (Å²) in [5.41, 5.74) is 7.61. The van der Waals surface area contributed by atoms with Crippen molar-refractivity contribution in [2.24, 2.45) is 5.73 Å². The first kappa shape index (κ1) is 26.9. The van der Waals surface area contributed by atoms with Crippen molar-refractivity contribution in [1.82, 2.24) is 4.98 Å². The molecule has 172 valence electrons. The third kappa shape index (κ3) is 8.83. The number of nitrogens with zero attached hydrogens (tertiary/aromatic N) is 1. The number of rotatable bonds is 16. The van der Waals surface area contributed by atoms with Gasteiger partial charge in [0.15, 0.2) is 0 Å². The minimum absolute atomic E-state index is 0.0826. The van der Waals surface area contributed by atoms with Crippen LogP contribution in [-0.4, -0.2) is 37.4 Å². The van der Waals surface area contributed by atoms with Gasteiger partial charge in [0.05, 0.1) is 0 Å². The standard InChI is InChI=1S/C13H14ClN2O.C13H27.Sn/c1-17-5-3-13(15)11-7-10(14)6-9-2-4-16-8-12(9)11;1-4-7-10-13(11-8-5-2)12-9-6-3;/h2,4,6-8,13H,1,3,5,15H2;4-12H2,1-3H3;. The van der Waals surface area contributed by atoms with Crippen molar-refractivity contribution >= 4 is 43.5 Å². The molecule has 1 aromatic heterocycles. The van der Waals surface area contributed by atoms with Crippen LogP contribution < -0.4 is 5.73 Å². The zero-order valence-electron chi connectivity index (χ0n) is 19.8. The molecule has 2 N–H and O–H groups in total. The van der Waals surface area contributed by atoms with E-state index in [1.165, 1.54) is 57.8 Å². The molecule has 0 aliphatic rings. The topological polar surface area (TPSA) is 48.1 Å². The van der Waals surface area contributed by atoms with Gasteiger partial charge in [-0.1, -0.05) is 0 Å². The molecule has 1 aromatic carbocycles. The van der Waals surface area contributed by atoms with Gasteiger partial charge in [0, 0.05) is 0 Å². The number of benzene rings is 1. The number of nitrogens with two attached hydrogens (primary N) is 1. The van der Waals surface area contributed by atoms with Gasteiger partial charge in [-0.3, -0.25) is 0 Å². The number of hydrogen-bond acceptors (Lipinski definition) is 3. The number of pyridine rings is 1. The molecule has 0 amide bonds. The van der Waals surface area contributed by atoms with E-state index in [0.29, 0.717) is 3.43 Å². The van der Waals surface area contributed by atoms with Gasteiger partial charge < -0.3 is 0 Å². The van der Waals surface area contributed by atoms with Crippen molar-refractivity contribution in [2.75, 3.05) is 11.2 Å². The van der Waals surface area contributed by atoms with Gasteiger partial charge >= 0.3 is 206 Å². The number of hydrogen-bond donors (Lipinski definition) is 1. The molecule has 0 aliphatic carbocycles. The molecule has 0 spiro atoms. The first-order chi connectivity index (χ1) is 15.0. The van der Waals surface area contributed by atoms with Crippen molar-refractivity contribution < 1.29 is 4.74 Å². The summed E-state index contributed by atoms with van der Waals surface area (Å²) in [6.07, 6.45) is 16.8. The van der Waals surface area contributed by atoms with Crippen LogP contribution in [0.5, 0.6) is 0 Å². The van der Waals surface area contributed by atoms with Crippen molar-refractivity contribution in [3.63, 3.8) is 0 Å². The molecule has 3 nitrogen and oxygen atoms in total. The normalized spacial score (nSPS) is 13.1. The van der Waals surface area contributed by atoms with Crippen LogP contribution in [0.4, 0.5) is 0 Å². The van der Waals surface area contributed by atoms with Crippen LogP contribution >= 0.6 is 11.6 Å². The van der Waals surface area contributed by atoms with Gasteiger partial charge in [0.1, 0.15) is 0 Å². The first-order valence-electron chi connectivity index (χ1n) is 12.2. The molecule has 0 aliphatic heterocycles. The zero-order valence-corrected chi connectivity index (χ0v) is 23.4. The van der Waals surface area contributed by atoms with Crippen LogP contribution in [0.25, 0.3) is 10.8 Å². The van der Waals surface area contributed by atoms with Crippen molar-refractivity contribution in [2.45, 2.75) is 94.5 Å². The van der Waals surface area contributed by atoms with Crippen molar-refractivity contribution in [3.8, 4) is 0 Å². The van der Waals surface area contributed by atoms with Crippen LogP contribution in [0.3, 0.4) is 0 Å². The number of fused-ring (bicyclic) bond motifs is 1. The quantitative estimate of drug-likeness (QED) is 0.172. The van der Waals surface area contributed by atoms with Crippen LogP contribution in [0, 0.1) is 0 Å². The van der Waals surface area contributed by atoms with Crippen molar-refractivity contribution in [1.29, 1.82) is 0 Å². The van der Waals surface area contributed by atoms with Crippen molar-refractivity contribution in [3.05, 3.63) is 41.2 Å². The Morgan fingerprint density at radius 3 is 2.32 bits per heavy atom. The average molecular weight is 552 g/mol. The van der Waals surface area contributed by atoms with Crippen LogP contribution in [0.1, 0.15) is 96.6 Å². The van der Waals surface area contributed by atoms with E-state index < -0.39 is 21.1 Å². The fourth-order valence-corrected chi connectivity index (χ4v) is 9.16. The van der Waals surface area contributed by atoms with Gasteiger partial charge in [-0.05, 0) is 0 Å². The van der Waals surface area contributed by atoms with E-state index in [4.69, 9.17) is 22.1 Å². The van der Waals surface area contributed by atoms with E-state index in [1.54, 1.807) is 6.20 Å². The third-order valence-corrected chi connectivity index (χ3v) is 11.8. The fourth-order valence-electron chi connectivity index (χ4n) is 4.32. The average Bonchev–Trinajstić information content (AvgIpc) is 2.78. The predicted octanol–water partition coefficient (Wildman–Crippen LogP) is 7.69. The SMILES string of the molecule is CCCC[C](CCCC)(CCCC)[Sn][CH2]OCCC(N)c1cc(Cl)cc2ccncc12. The molecule has 0 saturated heterocycles. The summed E-state index contributed by atoms with van der Waals surface area (Å²) in [5, 5.41) is 2.91. The molecule has 2 radical (unpaired) electrons. The summed E-state index contributed by atoms with van der Waals surface area (Å²) in [4.78, 5) is 4.27. The van der Waals surface area contributed by atoms with E-state index in [1.807, 2.05) is 24.4 Å². The summed E-state index contributed by atoms with van der Waals surface area (Å²) in [6.45, 7) is 7.69. The second-order valence-corrected chi connectivity index (χ2v) is 14.1. The zero-order chi connectivity index (χ0) is 22.5. The van der Waals surface area contributed by atoms with Gasteiger partial charge in [0.2, 0.25) is 0 Å². The molecule has 5 heteroatoms. The summed E-state index contributed by atoms with van der Waals surface area (Å²) in [5.74, 6) is 0. The Hall–Kier alpha value is -0.361. The summed E-state index contributed by atoms with van der Waals surface area (Å²) >= 11 is 5.72. The summed E-state index contributed by atoms with van der Waals surface area (Å²) < 4.78 is 7.84. The number of unbranched alkanes of at least 4 members (excludes halogenated alkanes) is 3. The van der Waals surface area contributed by atoms with E-state index in [0.717, 1.165) is 39.0 Å². The molecule has 31 heavy (non-hydrogen) atoms. The van der Waals surface area contributed by atoms with Gasteiger partial charge in [-0.15, -0.1) is 0 Å². The molecule has 0 bridgehead atoms. The third-order valence-electron chi connectivity index (χ3n) is 6.30. The van der Waals surface area contributed by atoms with Gasteiger partial charge in [-0.2, -0.15) is 0 Å². The Morgan fingerprint density at radius 2 is 1.71 bits per heavy atom. The van der Waals surface area contributed by atoms with Gasteiger partial charge in [0.25, 0.3) is 0 Å². The van der Waals surface area contributed by atoms with Crippen LogP contribution in [0.15, 0.2) is 30.6 Å². The van der Waals surface area contributed by atoms with E-state index in [2.05, 4.69) is 25.8 Å². The number of ether oxygens (including phenoxy) is 1. The maximum absolute atomic E-state index is 6.54. The fraction of sp³-hybridized carbons (Fsp3) is 0.654. The molecule has 1 atom stereocenters. The molecular weight excluding hydrogens is 510 g/mol.